The topological polar surface area (TPSA) is 33.1 Å². The normalized spacial score (nSPS) is 11.2. The summed E-state index contributed by atoms with van der Waals surface area (Å²) in [5.74, 6) is 1.09. The summed E-state index contributed by atoms with van der Waals surface area (Å²) in [5, 5.41) is 3.41. The minimum atomic E-state index is 1.02. The monoisotopic (exact) mass is 224 g/mol. The molecule has 1 rings (SSSR count). The van der Waals surface area contributed by atoms with Crippen LogP contribution in [0.3, 0.4) is 0 Å². The maximum atomic E-state index is 4.21. The highest BCUT2D eigenvalue weighted by Gasteiger charge is 2.00. The van der Waals surface area contributed by atoms with Crippen LogP contribution < -0.4 is 5.32 Å². The lowest BCUT2D eigenvalue weighted by Crippen LogP contribution is -2.31. The van der Waals surface area contributed by atoms with Gasteiger partial charge in [0.2, 0.25) is 0 Å². The minimum absolute atomic E-state index is 1.02. The van der Waals surface area contributed by atoms with Crippen LogP contribution in [0.5, 0.6) is 0 Å². The fourth-order valence-electron chi connectivity index (χ4n) is 1.60. The average molecular weight is 224 g/mol. The smallest absolute Gasteiger partial charge is 0.105 e. The van der Waals surface area contributed by atoms with Gasteiger partial charge in [0.25, 0.3) is 0 Å². The van der Waals surface area contributed by atoms with Crippen LogP contribution in [-0.2, 0) is 6.54 Å². The first-order valence-electron chi connectivity index (χ1n) is 6.11. The van der Waals surface area contributed by atoms with Crippen LogP contribution in [0.1, 0.15) is 19.2 Å². The Morgan fingerprint density at radius 1 is 1.38 bits per heavy atom. The molecule has 92 valence electrons. The predicted molar refractivity (Wildman–Crippen MR) is 67.6 cm³/mol. The number of imidazole rings is 1. The van der Waals surface area contributed by atoms with Gasteiger partial charge in [-0.15, -0.1) is 0 Å². The summed E-state index contributed by atoms with van der Waals surface area (Å²) in [6.45, 7) is 9.64. The number of aryl methyl sites for hydroxylation is 1. The van der Waals surface area contributed by atoms with E-state index < -0.39 is 0 Å². The molecule has 0 aliphatic carbocycles. The first kappa shape index (κ1) is 13.2. The van der Waals surface area contributed by atoms with E-state index in [0.717, 1.165) is 38.5 Å². The molecule has 0 bridgehead atoms. The second kappa shape index (κ2) is 7.41. The molecule has 0 fully saturated rings. The lowest BCUT2D eigenvalue weighted by molar-refractivity contribution is 0.316. The Hall–Kier alpha value is -0.870. The molecule has 0 amide bonds. The molecule has 0 aliphatic heterocycles. The molecule has 0 aliphatic rings. The van der Waals surface area contributed by atoms with Gasteiger partial charge in [-0.1, -0.05) is 6.92 Å². The molecule has 1 aromatic heterocycles. The van der Waals surface area contributed by atoms with Crippen molar-refractivity contribution in [3.05, 3.63) is 18.2 Å². The Morgan fingerprint density at radius 3 is 2.81 bits per heavy atom. The van der Waals surface area contributed by atoms with Crippen molar-refractivity contribution in [2.45, 2.75) is 26.8 Å². The van der Waals surface area contributed by atoms with E-state index in [9.17, 15) is 0 Å². The van der Waals surface area contributed by atoms with E-state index in [1.165, 1.54) is 6.42 Å². The Bertz CT molecular complexity index is 282. The lowest BCUT2D eigenvalue weighted by atomic mass is 10.4. The predicted octanol–water partition coefficient (Wildman–Crippen LogP) is 1.12. The van der Waals surface area contributed by atoms with E-state index in [2.05, 4.69) is 33.7 Å². The van der Waals surface area contributed by atoms with Crippen molar-refractivity contribution in [1.29, 1.82) is 0 Å². The Kier molecular flexibility index (Phi) is 6.11. The summed E-state index contributed by atoms with van der Waals surface area (Å²) in [4.78, 5) is 6.56. The summed E-state index contributed by atoms with van der Waals surface area (Å²) in [6.07, 6.45) is 5.11. The zero-order valence-electron chi connectivity index (χ0n) is 10.7. The Morgan fingerprint density at radius 2 is 2.19 bits per heavy atom. The van der Waals surface area contributed by atoms with E-state index in [1.807, 2.05) is 19.3 Å². The maximum Gasteiger partial charge on any atom is 0.105 e. The zero-order valence-corrected chi connectivity index (χ0v) is 10.7. The van der Waals surface area contributed by atoms with Crippen molar-refractivity contribution < 1.29 is 0 Å². The molecule has 0 saturated carbocycles. The van der Waals surface area contributed by atoms with Gasteiger partial charge >= 0.3 is 0 Å². The number of hydrogen-bond acceptors (Lipinski definition) is 3. The fraction of sp³-hybridized carbons (Fsp3) is 0.750. The molecule has 0 aromatic carbocycles. The number of hydrogen-bond donors (Lipinski definition) is 1. The van der Waals surface area contributed by atoms with Crippen molar-refractivity contribution >= 4 is 0 Å². The second-order valence-corrected chi connectivity index (χ2v) is 4.22. The SMILES string of the molecule is CCCNCCN(C)CCn1ccnc1C. The summed E-state index contributed by atoms with van der Waals surface area (Å²) < 4.78 is 2.19. The largest absolute Gasteiger partial charge is 0.334 e. The van der Waals surface area contributed by atoms with Gasteiger partial charge in [-0.3, -0.25) is 0 Å². The van der Waals surface area contributed by atoms with Crippen LogP contribution in [0.4, 0.5) is 0 Å². The third-order valence-electron chi connectivity index (χ3n) is 2.74. The quantitative estimate of drug-likeness (QED) is 0.672. The highest BCUT2D eigenvalue weighted by Crippen LogP contribution is 1.95. The molecule has 4 heteroatoms. The first-order valence-corrected chi connectivity index (χ1v) is 6.11. The van der Waals surface area contributed by atoms with Crippen molar-refractivity contribution in [2.24, 2.45) is 0 Å². The molecule has 0 spiro atoms. The standard InChI is InChI=1S/C12H24N4/c1-4-5-13-6-8-15(3)10-11-16-9-7-14-12(16)2/h7,9,13H,4-6,8,10-11H2,1-3H3. The molecule has 0 unspecified atom stereocenters. The van der Waals surface area contributed by atoms with Gasteiger partial charge in [0.1, 0.15) is 5.82 Å². The molecular weight excluding hydrogens is 200 g/mol. The summed E-state index contributed by atoms with van der Waals surface area (Å²) in [5.41, 5.74) is 0. The van der Waals surface area contributed by atoms with Crippen LogP contribution in [0.25, 0.3) is 0 Å². The van der Waals surface area contributed by atoms with Crippen LogP contribution in [0.2, 0.25) is 0 Å². The van der Waals surface area contributed by atoms with Gasteiger partial charge in [0, 0.05) is 38.6 Å². The Labute approximate surface area is 98.7 Å². The number of likely N-dealkylation sites (N-methyl/N-ethyl adjacent to an activating group) is 1. The van der Waals surface area contributed by atoms with Gasteiger partial charge in [-0.2, -0.15) is 0 Å². The van der Waals surface area contributed by atoms with Gasteiger partial charge < -0.3 is 14.8 Å². The molecule has 4 nitrogen and oxygen atoms in total. The van der Waals surface area contributed by atoms with Gasteiger partial charge in [0.05, 0.1) is 0 Å². The third-order valence-corrected chi connectivity index (χ3v) is 2.74. The van der Waals surface area contributed by atoms with Crippen LogP contribution in [-0.4, -0.2) is 47.7 Å². The second-order valence-electron chi connectivity index (χ2n) is 4.22. The van der Waals surface area contributed by atoms with E-state index in [4.69, 9.17) is 0 Å². The molecular formula is C12H24N4. The molecule has 1 aromatic rings. The number of rotatable bonds is 8. The van der Waals surface area contributed by atoms with E-state index in [-0.39, 0.29) is 0 Å². The van der Waals surface area contributed by atoms with Crippen molar-refractivity contribution in [3.63, 3.8) is 0 Å². The van der Waals surface area contributed by atoms with E-state index in [1.54, 1.807) is 0 Å². The third kappa shape index (κ3) is 4.77. The van der Waals surface area contributed by atoms with Crippen molar-refractivity contribution in [3.8, 4) is 0 Å². The summed E-state index contributed by atoms with van der Waals surface area (Å²) >= 11 is 0. The van der Waals surface area contributed by atoms with Gasteiger partial charge in [0.15, 0.2) is 0 Å². The highest BCUT2D eigenvalue weighted by molar-refractivity contribution is 4.88. The maximum absolute atomic E-state index is 4.21. The molecule has 0 atom stereocenters. The number of aromatic nitrogens is 2. The number of nitrogens with zero attached hydrogens (tertiary/aromatic N) is 3. The molecule has 1 N–H and O–H groups in total. The van der Waals surface area contributed by atoms with E-state index >= 15 is 0 Å². The van der Waals surface area contributed by atoms with Crippen LogP contribution >= 0.6 is 0 Å². The molecule has 16 heavy (non-hydrogen) atoms. The fourth-order valence-corrected chi connectivity index (χ4v) is 1.60. The van der Waals surface area contributed by atoms with Crippen LogP contribution in [0, 0.1) is 6.92 Å². The highest BCUT2D eigenvalue weighted by atomic mass is 15.1. The Balaban J connectivity index is 2.10. The summed E-state index contributed by atoms with van der Waals surface area (Å²) in [7, 11) is 2.17. The molecule has 1 heterocycles. The van der Waals surface area contributed by atoms with Gasteiger partial charge in [-0.25, -0.2) is 4.98 Å². The number of nitrogens with one attached hydrogen (secondary N) is 1. The average Bonchev–Trinajstić information content (AvgIpc) is 2.67. The molecule has 0 saturated heterocycles. The van der Waals surface area contributed by atoms with Crippen molar-refractivity contribution in [2.75, 3.05) is 33.2 Å². The van der Waals surface area contributed by atoms with Gasteiger partial charge in [-0.05, 0) is 26.9 Å². The van der Waals surface area contributed by atoms with E-state index in [0.29, 0.717) is 0 Å². The zero-order chi connectivity index (χ0) is 11.8. The van der Waals surface area contributed by atoms with Crippen LogP contribution in [0.15, 0.2) is 12.4 Å². The minimum Gasteiger partial charge on any atom is -0.334 e. The lowest BCUT2D eigenvalue weighted by Gasteiger charge is -2.17. The molecule has 0 radical (unpaired) electrons. The van der Waals surface area contributed by atoms with Crippen molar-refractivity contribution in [1.82, 2.24) is 19.8 Å². The first-order chi connectivity index (χ1) is 7.74. The summed E-state index contributed by atoms with van der Waals surface area (Å²) in [6, 6.07) is 0.